The third-order valence-corrected chi connectivity index (χ3v) is 4.95. The summed E-state index contributed by atoms with van der Waals surface area (Å²) in [4.78, 5) is 13.7. The Labute approximate surface area is 149 Å². The van der Waals surface area contributed by atoms with Crippen LogP contribution in [0.2, 0.25) is 0 Å². The summed E-state index contributed by atoms with van der Waals surface area (Å²) < 4.78 is 0. The lowest BCUT2D eigenvalue weighted by Crippen LogP contribution is -1.88. The van der Waals surface area contributed by atoms with Crippen molar-refractivity contribution in [1.29, 1.82) is 0 Å². The minimum Gasteiger partial charge on any atom is -0.356 e. The molecular weight excluding hydrogens is 294 g/mol. The first-order chi connectivity index (χ1) is 11.9. The van der Waals surface area contributed by atoms with E-state index in [1.54, 1.807) is 0 Å². The molecule has 2 nitrogen and oxygen atoms in total. The first-order valence-electron chi connectivity index (χ1n) is 10.5. The summed E-state index contributed by atoms with van der Waals surface area (Å²) in [5, 5.41) is 0. The quantitative estimate of drug-likeness (QED) is 0.236. The Balaban J connectivity index is 1.75. The molecule has 0 amide bonds. The molecule has 0 aliphatic carbocycles. The van der Waals surface area contributed by atoms with Crippen molar-refractivity contribution >= 4 is 6.29 Å². The van der Waals surface area contributed by atoms with E-state index in [1.165, 1.54) is 102 Å². The molecule has 2 heteroatoms. The highest BCUT2D eigenvalue weighted by Gasteiger charge is 1.98. The molecule has 0 radical (unpaired) electrons. The van der Waals surface area contributed by atoms with Gasteiger partial charge < -0.3 is 4.98 Å². The van der Waals surface area contributed by atoms with Crippen LogP contribution in [-0.2, 0) is 6.42 Å². The molecule has 24 heavy (non-hydrogen) atoms. The second-order valence-corrected chi connectivity index (χ2v) is 7.26. The summed E-state index contributed by atoms with van der Waals surface area (Å²) >= 11 is 0. The summed E-state index contributed by atoms with van der Waals surface area (Å²) in [7, 11) is 0. The Morgan fingerprint density at radius 1 is 0.708 bits per heavy atom. The Kier molecular flexibility index (Phi) is 13.5. The highest BCUT2D eigenvalue weighted by Crippen LogP contribution is 2.14. The predicted molar refractivity (Wildman–Crippen MR) is 105 cm³/mol. The number of aryl methyl sites for hydroxylation is 1. The number of aromatic amines is 1. The number of carbonyl (C=O) groups excluding carboxylic acids is 1. The monoisotopic (exact) mass is 333 g/mol. The third-order valence-electron chi connectivity index (χ3n) is 4.95. The molecule has 0 atom stereocenters. The van der Waals surface area contributed by atoms with Gasteiger partial charge in [-0.3, -0.25) is 4.79 Å². The van der Waals surface area contributed by atoms with Gasteiger partial charge in [0.25, 0.3) is 0 Å². The molecule has 0 fully saturated rings. The smallest absolute Gasteiger partial charge is 0.166 e. The van der Waals surface area contributed by atoms with Crippen molar-refractivity contribution in [2.75, 3.05) is 0 Å². The molecule has 0 saturated carbocycles. The summed E-state index contributed by atoms with van der Waals surface area (Å²) in [6.45, 7) is 2.28. The van der Waals surface area contributed by atoms with Crippen LogP contribution in [0.25, 0.3) is 0 Å². The molecule has 138 valence electrons. The second-order valence-electron chi connectivity index (χ2n) is 7.26. The van der Waals surface area contributed by atoms with E-state index < -0.39 is 0 Å². The number of aldehydes is 1. The molecular formula is C22H39NO. The van der Waals surface area contributed by atoms with E-state index >= 15 is 0 Å². The highest BCUT2D eigenvalue weighted by atomic mass is 16.1. The van der Waals surface area contributed by atoms with Gasteiger partial charge in [0.15, 0.2) is 6.29 Å². The number of aromatic nitrogens is 1. The van der Waals surface area contributed by atoms with E-state index in [9.17, 15) is 4.79 Å². The van der Waals surface area contributed by atoms with Crippen molar-refractivity contribution in [3.05, 3.63) is 23.5 Å². The molecule has 1 aromatic rings. The maximum Gasteiger partial charge on any atom is 0.166 e. The summed E-state index contributed by atoms with van der Waals surface area (Å²) in [5.41, 5.74) is 1.90. The van der Waals surface area contributed by atoms with E-state index in [0.29, 0.717) is 5.69 Å². The summed E-state index contributed by atoms with van der Waals surface area (Å²) in [5.74, 6) is 0. The molecule has 1 N–H and O–H groups in total. The van der Waals surface area contributed by atoms with Gasteiger partial charge >= 0.3 is 0 Å². The molecule has 0 spiro atoms. The van der Waals surface area contributed by atoms with Crippen LogP contribution in [0, 0.1) is 0 Å². The Bertz CT molecular complexity index is 396. The zero-order chi connectivity index (χ0) is 17.3. The minimum absolute atomic E-state index is 0.700. The second kappa shape index (κ2) is 15.5. The van der Waals surface area contributed by atoms with Gasteiger partial charge in [0.05, 0.1) is 5.69 Å². The normalized spacial score (nSPS) is 11.0. The fraction of sp³-hybridized carbons (Fsp3) is 0.773. The van der Waals surface area contributed by atoms with Gasteiger partial charge in [-0.1, -0.05) is 96.8 Å². The van der Waals surface area contributed by atoms with Gasteiger partial charge in [0, 0.05) is 5.69 Å². The molecule has 0 unspecified atom stereocenters. The largest absolute Gasteiger partial charge is 0.356 e. The number of carbonyl (C=O) groups is 1. The van der Waals surface area contributed by atoms with Crippen LogP contribution in [0.15, 0.2) is 12.1 Å². The molecule has 1 aromatic heterocycles. The Morgan fingerprint density at radius 3 is 1.58 bits per heavy atom. The average Bonchev–Trinajstić information content (AvgIpc) is 3.06. The third kappa shape index (κ3) is 11.5. The van der Waals surface area contributed by atoms with E-state index in [1.807, 2.05) is 12.1 Å². The van der Waals surface area contributed by atoms with Crippen molar-refractivity contribution in [1.82, 2.24) is 4.98 Å². The highest BCUT2D eigenvalue weighted by molar-refractivity contribution is 5.71. The van der Waals surface area contributed by atoms with Crippen LogP contribution in [0.1, 0.15) is 119 Å². The number of rotatable bonds is 17. The predicted octanol–water partition coefficient (Wildman–Crippen LogP) is 7.24. The lowest BCUT2D eigenvalue weighted by molar-refractivity contribution is 0.111. The van der Waals surface area contributed by atoms with Crippen molar-refractivity contribution in [2.45, 2.75) is 110 Å². The maximum absolute atomic E-state index is 10.6. The van der Waals surface area contributed by atoms with Crippen molar-refractivity contribution in [3.8, 4) is 0 Å². The Hall–Kier alpha value is -1.05. The van der Waals surface area contributed by atoms with Crippen LogP contribution < -0.4 is 0 Å². The molecule has 0 aliphatic rings. The van der Waals surface area contributed by atoms with Gasteiger partial charge in [-0.05, 0) is 25.0 Å². The first kappa shape index (κ1) is 21.0. The fourth-order valence-electron chi connectivity index (χ4n) is 3.36. The van der Waals surface area contributed by atoms with Crippen molar-refractivity contribution < 1.29 is 4.79 Å². The number of hydrogen-bond donors (Lipinski definition) is 1. The SMILES string of the molecule is CCCCCCCCCCCCCCCCCc1ccc(C=O)[nH]1. The van der Waals surface area contributed by atoms with Crippen LogP contribution in [0.4, 0.5) is 0 Å². The van der Waals surface area contributed by atoms with Crippen LogP contribution >= 0.6 is 0 Å². The molecule has 1 rings (SSSR count). The Morgan fingerprint density at radius 2 is 1.17 bits per heavy atom. The molecule has 0 aromatic carbocycles. The van der Waals surface area contributed by atoms with Gasteiger partial charge in [0.1, 0.15) is 0 Å². The van der Waals surface area contributed by atoms with E-state index in [-0.39, 0.29) is 0 Å². The van der Waals surface area contributed by atoms with E-state index in [4.69, 9.17) is 0 Å². The van der Waals surface area contributed by atoms with Crippen LogP contribution in [-0.4, -0.2) is 11.3 Å². The minimum atomic E-state index is 0.700. The lowest BCUT2D eigenvalue weighted by Gasteiger charge is -2.03. The number of unbranched alkanes of at least 4 members (excludes halogenated alkanes) is 14. The van der Waals surface area contributed by atoms with E-state index in [0.717, 1.165) is 12.7 Å². The van der Waals surface area contributed by atoms with Crippen molar-refractivity contribution in [2.24, 2.45) is 0 Å². The lowest BCUT2D eigenvalue weighted by atomic mass is 10.0. The first-order valence-corrected chi connectivity index (χ1v) is 10.5. The van der Waals surface area contributed by atoms with Gasteiger partial charge in [-0.25, -0.2) is 0 Å². The zero-order valence-corrected chi connectivity index (χ0v) is 16.0. The number of H-pyrrole nitrogens is 1. The van der Waals surface area contributed by atoms with Crippen LogP contribution in [0.3, 0.4) is 0 Å². The van der Waals surface area contributed by atoms with Gasteiger partial charge in [-0.2, -0.15) is 0 Å². The molecule has 0 saturated heterocycles. The fourth-order valence-corrected chi connectivity index (χ4v) is 3.36. The summed E-state index contributed by atoms with van der Waals surface area (Å²) in [6.07, 6.45) is 23.0. The summed E-state index contributed by atoms with van der Waals surface area (Å²) in [6, 6.07) is 3.90. The van der Waals surface area contributed by atoms with Gasteiger partial charge in [0.2, 0.25) is 0 Å². The molecule has 0 bridgehead atoms. The average molecular weight is 334 g/mol. The maximum atomic E-state index is 10.6. The van der Waals surface area contributed by atoms with Gasteiger partial charge in [-0.15, -0.1) is 0 Å². The van der Waals surface area contributed by atoms with Crippen LogP contribution in [0.5, 0.6) is 0 Å². The standard InChI is InChI=1S/C22H39NO/c1-2-3-4-5-6-7-8-9-10-11-12-13-14-15-16-17-21-18-19-22(20-24)23-21/h18-20,23H,2-17H2,1H3. The topological polar surface area (TPSA) is 32.9 Å². The van der Waals surface area contributed by atoms with Crippen molar-refractivity contribution in [3.63, 3.8) is 0 Å². The number of nitrogens with one attached hydrogen (secondary N) is 1. The molecule has 1 heterocycles. The molecule has 0 aliphatic heterocycles. The number of hydrogen-bond acceptors (Lipinski definition) is 1. The zero-order valence-electron chi connectivity index (χ0n) is 16.0. The van der Waals surface area contributed by atoms with E-state index in [2.05, 4.69) is 11.9 Å².